The van der Waals surface area contributed by atoms with Crippen molar-refractivity contribution in [1.82, 2.24) is 4.90 Å². The molecule has 0 radical (unpaired) electrons. The van der Waals surface area contributed by atoms with Crippen LogP contribution < -0.4 is 0 Å². The highest BCUT2D eigenvalue weighted by atomic mass is 35.5. The number of hydrogen-bond donors (Lipinski definition) is 2. The summed E-state index contributed by atoms with van der Waals surface area (Å²) in [5, 5.41) is 21.5. The van der Waals surface area contributed by atoms with Crippen molar-refractivity contribution in [2.75, 3.05) is 0 Å². The van der Waals surface area contributed by atoms with E-state index in [-0.39, 0.29) is 16.2 Å². The van der Waals surface area contributed by atoms with Crippen LogP contribution in [0.1, 0.15) is 61.0 Å². The number of carboxylic acid groups (broad SMARTS) is 2. The van der Waals surface area contributed by atoms with E-state index in [9.17, 15) is 19.8 Å². The Balaban J connectivity index is 3.27. The summed E-state index contributed by atoms with van der Waals surface area (Å²) in [5.41, 5.74) is -1.66. The lowest BCUT2D eigenvalue weighted by molar-refractivity contribution is -0.135. The van der Waals surface area contributed by atoms with Gasteiger partial charge in [0.2, 0.25) is 0 Å². The average Bonchev–Trinajstić information content (AvgIpc) is 2.52. The Kier molecular flexibility index (Phi) is 6.16. The summed E-state index contributed by atoms with van der Waals surface area (Å²) in [6, 6.07) is 4.75. The highest BCUT2D eigenvalue weighted by molar-refractivity contribution is 6.34. The third kappa shape index (κ3) is 3.52. The Morgan fingerprint density at radius 2 is 1.33 bits per heavy atom. The molecule has 0 fully saturated rings. The van der Waals surface area contributed by atoms with Gasteiger partial charge in [-0.1, -0.05) is 44.0 Å². The van der Waals surface area contributed by atoms with Gasteiger partial charge in [-0.2, -0.15) is 0 Å². The van der Waals surface area contributed by atoms with E-state index >= 15 is 0 Å². The van der Waals surface area contributed by atoms with E-state index < -0.39 is 28.3 Å². The number of carboxylic acids is 2. The minimum absolute atomic E-state index is 0.0166. The predicted molar refractivity (Wildman–Crippen MR) is 120 cm³/mol. The zero-order chi connectivity index (χ0) is 23.4. The number of benzene rings is 1. The maximum Gasteiger partial charge on any atom is 0.334 e. The van der Waals surface area contributed by atoms with E-state index in [4.69, 9.17) is 23.2 Å². The van der Waals surface area contributed by atoms with Crippen molar-refractivity contribution >= 4 is 35.1 Å². The van der Waals surface area contributed by atoms with Gasteiger partial charge in [0.25, 0.3) is 0 Å². The Hall–Kier alpha value is -1.98. The zero-order valence-corrected chi connectivity index (χ0v) is 20.2. The van der Waals surface area contributed by atoms with Gasteiger partial charge in [0.05, 0.1) is 16.6 Å². The average molecular weight is 454 g/mol. The second-order valence-electron chi connectivity index (χ2n) is 9.66. The quantitative estimate of drug-likeness (QED) is 0.576. The number of aliphatic carboxylic acids is 2. The minimum Gasteiger partial charge on any atom is -0.478 e. The molecule has 0 spiro atoms. The minimum atomic E-state index is -1.54. The smallest absolute Gasteiger partial charge is 0.334 e. The lowest BCUT2D eigenvalue weighted by Gasteiger charge is -2.54. The first-order valence-electron chi connectivity index (χ1n) is 9.64. The van der Waals surface area contributed by atoms with Crippen LogP contribution >= 0.6 is 23.2 Å². The highest BCUT2D eigenvalue weighted by Crippen LogP contribution is 2.59. The van der Waals surface area contributed by atoms with Crippen LogP contribution in [0.3, 0.4) is 0 Å². The van der Waals surface area contributed by atoms with Crippen molar-refractivity contribution in [2.24, 2.45) is 5.41 Å². The molecule has 1 heterocycles. The Bertz CT molecular complexity index is 940. The van der Waals surface area contributed by atoms with Gasteiger partial charge in [0.15, 0.2) is 0 Å². The number of allylic oxidation sites excluding steroid dienone is 2. The monoisotopic (exact) mass is 453 g/mol. The Labute approximate surface area is 188 Å². The normalized spacial score (nSPS) is 17.5. The molecule has 1 aliphatic heterocycles. The van der Waals surface area contributed by atoms with Crippen LogP contribution in [0.25, 0.3) is 0 Å². The number of halogens is 2. The van der Waals surface area contributed by atoms with Gasteiger partial charge in [-0.15, -0.1) is 0 Å². The summed E-state index contributed by atoms with van der Waals surface area (Å²) < 4.78 is 0. The van der Waals surface area contributed by atoms with Gasteiger partial charge in [-0.25, -0.2) is 9.59 Å². The Morgan fingerprint density at radius 1 is 0.900 bits per heavy atom. The molecule has 0 saturated carbocycles. The molecule has 5 nitrogen and oxygen atoms in total. The second-order valence-corrected chi connectivity index (χ2v) is 10.5. The van der Waals surface area contributed by atoms with Crippen LogP contribution in [0.4, 0.5) is 0 Å². The third-order valence-corrected chi connectivity index (χ3v) is 6.27. The van der Waals surface area contributed by atoms with E-state index in [0.717, 1.165) is 0 Å². The molecule has 30 heavy (non-hydrogen) atoms. The fraction of sp³-hybridized carbons (Fsp3) is 0.478. The van der Waals surface area contributed by atoms with Gasteiger partial charge in [0.1, 0.15) is 0 Å². The maximum atomic E-state index is 12.8. The molecule has 2 N–H and O–H groups in total. The fourth-order valence-electron chi connectivity index (χ4n) is 4.99. The highest BCUT2D eigenvalue weighted by Gasteiger charge is 2.59. The number of rotatable bonds is 3. The van der Waals surface area contributed by atoms with Gasteiger partial charge >= 0.3 is 11.9 Å². The molecular formula is C23H29Cl2NO4. The summed E-state index contributed by atoms with van der Waals surface area (Å²) in [5.74, 6) is -2.39. The van der Waals surface area contributed by atoms with E-state index in [1.165, 1.54) is 0 Å². The topological polar surface area (TPSA) is 77.8 Å². The van der Waals surface area contributed by atoms with Crippen molar-refractivity contribution in [3.8, 4) is 0 Å². The number of hydrogen-bond acceptors (Lipinski definition) is 3. The van der Waals surface area contributed by atoms with Crippen molar-refractivity contribution < 1.29 is 19.8 Å². The summed E-state index contributed by atoms with van der Waals surface area (Å²) in [6.45, 7) is 14.6. The molecule has 7 heteroatoms. The second kappa shape index (κ2) is 7.61. The van der Waals surface area contributed by atoms with Crippen LogP contribution in [0.2, 0.25) is 10.0 Å². The van der Waals surface area contributed by atoms with Crippen LogP contribution in [0, 0.1) is 5.41 Å². The Morgan fingerprint density at radius 3 is 1.67 bits per heavy atom. The largest absolute Gasteiger partial charge is 0.478 e. The van der Waals surface area contributed by atoms with Gasteiger partial charge in [-0.05, 0) is 63.8 Å². The molecule has 0 atom stereocenters. The first-order valence-corrected chi connectivity index (χ1v) is 10.4. The first kappa shape index (κ1) is 24.3. The fourth-order valence-corrected chi connectivity index (χ4v) is 5.42. The molecule has 0 amide bonds. The van der Waals surface area contributed by atoms with Gasteiger partial charge in [-0.3, -0.25) is 0 Å². The molecule has 0 aliphatic carbocycles. The molecule has 0 saturated heterocycles. The molecule has 1 aromatic rings. The van der Waals surface area contributed by atoms with E-state index in [1.54, 1.807) is 36.9 Å². The summed E-state index contributed by atoms with van der Waals surface area (Å²) in [4.78, 5) is 27.3. The van der Waals surface area contributed by atoms with Gasteiger partial charge < -0.3 is 15.1 Å². The molecule has 0 aromatic heterocycles. The third-order valence-electron chi connectivity index (χ3n) is 5.70. The van der Waals surface area contributed by atoms with E-state index in [2.05, 4.69) is 0 Å². The molecular weight excluding hydrogens is 425 g/mol. The van der Waals surface area contributed by atoms with E-state index in [1.807, 2.05) is 41.5 Å². The number of nitrogens with zero attached hydrogens (tertiary/aromatic N) is 1. The van der Waals surface area contributed by atoms with Gasteiger partial charge in [0, 0.05) is 27.0 Å². The molecule has 0 unspecified atom stereocenters. The van der Waals surface area contributed by atoms with Crippen molar-refractivity contribution in [1.29, 1.82) is 0 Å². The lowest BCUT2D eigenvalue weighted by Crippen LogP contribution is -2.55. The standard InChI is InChI=1S/C23H29Cl2NO4/c1-12-17(19(27)28)23(21(3,4)5,15-11-14(24)9-10-16(15)25)18(20(29)30)13(2)26(12)22(6,7)8/h9-11H,1-8H3,(H,27,28)(H,29,30). The summed E-state index contributed by atoms with van der Waals surface area (Å²) in [7, 11) is 0. The van der Waals surface area contributed by atoms with Crippen molar-refractivity contribution in [3.05, 3.63) is 56.3 Å². The van der Waals surface area contributed by atoms with Crippen LogP contribution in [-0.2, 0) is 15.0 Å². The zero-order valence-electron chi connectivity index (χ0n) is 18.6. The lowest BCUT2D eigenvalue weighted by atomic mass is 9.53. The maximum absolute atomic E-state index is 12.8. The summed E-state index contributed by atoms with van der Waals surface area (Å²) in [6.07, 6.45) is 0. The molecule has 2 rings (SSSR count). The van der Waals surface area contributed by atoms with Crippen LogP contribution in [0.15, 0.2) is 40.7 Å². The molecule has 1 aliphatic rings. The van der Waals surface area contributed by atoms with Crippen molar-refractivity contribution in [3.63, 3.8) is 0 Å². The van der Waals surface area contributed by atoms with Crippen LogP contribution in [-0.4, -0.2) is 32.6 Å². The first-order chi connectivity index (χ1) is 13.5. The molecule has 164 valence electrons. The molecule has 1 aromatic carbocycles. The van der Waals surface area contributed by atoms with E-state index in [0.29, 0.717) is 22.0 Å². The predicted octanol–water partition coefficient (Wildman–Crippen LogP) is 6.11. The SMILES string of the molecule is CC1=C(C(=O)O)C(c2cc(Cl)ccc2Cl)(C(C)(C)C)C(C(=O)O)=C(C)N1C(C)(C)C. The summed E-state index contributed by atoms with van der Waals surface area (Å²) >= 11 is 12.9. The number of carbonyl (C=O) groups is 2. The van der Waals surface area contributed by atoms with Crippen molar-refractivity contribution in [2.45, 2.75) is 66.3 Å². The van der Waals surface area contributed by atoms with Crippen LogP contribution in [0.5, 0.6) is 0 Å². The molecule has 0 bridgehead atoms.